The predicted octanol–water partition coefficient (Wildman–Crippen LogP) is 0.476. The van der Waals surface area contributed by atoms with E-state index >= 15 is 0 Å². The van der Waals surface area contributed by atoms with Crippen molar-refractivity contribution in [1.82, 2.24) is 19.4 Å². The van der Waals surface area contributed by atoms with Crippen LogP contribution in [0.25, 0.3) is 0 Å². The number of hydrogen-bond donors (Lipinski definition) is 1. The van der Waals surface area contributed by atoms with Crippen LogP contribution in [0.2, 0.25) is 0 Å². The van der Waals surface area contributed by atoms with Gasteiger partial charge in [0.2, 0.25) is 0 Å². The third kappa shape index (κ3) is 3.52. The van der Waals surface area contributed by atoms with Gasteiger partial charge in [0.25, 0.3) is 0 Å². The van der Waals surface area contributed by atoms with Crippen LogP contribution in [0.4, 0.5) is 5.13 Å². The highest BCUT2D eigenvalue weighted by molar-refractivity contribution is 7.13. The molecule has 3 rings (SSSR count). The molecule has 0 amide bonds. The van der Waals surface area contributed by atoms with E-state index in [0.717, 1.165) is 37.9 Å². The Bertz CT molecular complexity index is 555. The molecule has 1 aliphatic heterocycles. The fraction of sp³-hybridized carbons (Fsp3) is 0.462. The van der Waals surface area contributed by atoms with Crippen LogP contribution in [-0.4, -0.2) is 58.1 Å². The molecule has 2 aromatic rings. The number of aliphatic imine (C=N–C) groups is 1. The highest BCUT2D eigenvalue weighted by atomic mass is 32.1. The number of thiazole rings is 1. The van der Waals surface area contributed by atoms with Gasteiger partial charge in [0.15, 0.2) is 11.1 Å². The van der Waals surface area contributed by atoms with Crippen molar-refractivity contribution >= 4 is 22.4 Å². The van der Waals surface area contributed by atoms with Crippen molar-refractivity contribution in [2.75, 3.05) is 37.6 Å². The summed E-state index contributed by atoms with van der Waals surface area (Å²) in [5.41, 5.74) is 6.07. The van der Waals surface area contributed by atoms with Gasteiger partial charge in [-0.15, -0.1) is 11.3 Å². The number of rotatable bonds is 4. The summed E-state index contributed by atoms with van der Waals surface area (Å²) >= 11 is 1.68. The van der Waals surface area contributed by atoms with Crippen molar-refractivity contribution in [3.05, 3.63) is 30.3 Å². The first-order valence-electron chi connectivity index (χ1n) is 6.98. The zero-order valence-corrected chi connectivity index (χ0v) is 12.6. The van der Waals surface area contributed by atoms with Crippen molar-refractivity contribution in [3.8, 4) is 0 Å². The van der Waals surface area contributed by atoms with Gasteiger partial charge in [0.1, 0.15) is 0 Å². The molecule has 0 aromatic carbocycles. The lowest BCUT2D eigenvalue weighted by molar-refractivity contribution is 0.380. The number of anilines is 1. The molecule has 7 nitrogen and oxygen atoms in total. The molecule has 0 bridgehead atoms. The molecule has 0 atom stereocenters. The Morgan fingerprint density at radius 2 is 2.14 bits per heavy atom. The monoisotopic (exact) mass is 305 g/mol. The Hall–Kier alpha value is -2.09. The zero-order valence-electron chi connectivity index (χ0n) is 11.8. The molecule has 8 heteroatoms. The van der Waals surface area contributed by atoms with Gasteiger partial charge in [-0.05, 0) is 0 Å². The molecular weight excluding hydrogens is 286 g/mol. The smallest absolute Gasteiger partial charge is 0.191 e. The van der Waals surface area contributed by atoms with Crippen LogP contribution < -0.4 is 10.6 Å². The van der Waals surface area contributed by atoms with Gasteiger partial charge in [-0.3, -0.25) is 4.99 Å². The highest BCUT2D eigenvalue weighted by Gasteiger charge is 2.19. The second kappa shape index (κ2) is 6.57. The minimum Gasteiger partial charge on any atom is -0.370 e. The van der Waals surface area contributed by atoms with Crippen LogP contribution in [0.15, 0.2) is 35.3 Å². The van der Waals surface area contributed by atoms with Gasteiger partial charge < -0.3 is 20.1 Å². The quantitative estimate of drug-likeness (QED) is 0.657. The molecule has 2 N–H and O–H groups in total. The van der Waals surface area contributed by atoms with Crippen molar-refractivity contribution in [2.24, 2.45) is 10.7 Å². The topological polar surface area (TPSA) is 75.6 Å². The number of imidazole rings is 1. The van der Waals surface area contributed by atoms with Crippen LogP contribution in [0.5, 0.6) is 0 Å². The number of aromatic nitrogens is 3. The average Bonchev–Trinajstić information content (AvgIpc) is 3.21. The standard InChI is InChI=1S/C13H19N7S/c14-12(16-2-5-18-4-1-15-11-18)19-6-8-20(9-7-19)13-17-3-10-21-13/h1,3-4,10-11H,2,5-9H2,(H2,14,16). The van der Waals surface area contributed by atoms with Gasteiger partial charge in [-0.25, -0.2) is 9.97 Å². The van der Waals surface area contributed by atoms with Crippen LogP contribution in [0.1, 0.15) is 0 Å². The Morgan fingerprint density at radius 1 is 1.29 bits per heavy atom. The van der Waals surface area contributed by atoms with E-state index in [4.69, 9.17) is 5.73 Å². The molecule has 1 aliphatic rings. The summed E-state index contributed by atoms with van der Waals surface area (Å²) in [6.07, 6.45) is 7.33. The van der Waals surface area contributed by atoms with Gasteiger partial charge in [-0.2, -0.15) is 0 Å². The molecule has 0 saturated carbocycles. The minimum absolute atomic E-state index is 0.633. The van der Waals surface area contributed by atoms with Gasteiger partial charge in [0.05, 0.1) is 12.9 Å². The van der Waals surface area contributed by atoms with Crippen LogP contribution in [0.3, 0.4) is 0 Å². The van der Waals surface area contributed by atoms with E-state index in [1.54, 1.807) is 23.9 Å². The zero-order chi connectivity index (χ0) is 14.5. The fourth-order valence-electron chi connectivity index (χ4n) is 2.30. The Kier molecular flexibility index (Phi) is 4.34. The first-order valence-corrected chi connectivity index (χ1v) is 7.86. The van der Waals surface area contributed by atoms with Crippen LogP contribution >= 0.6 is 11.3 Å². The van der Waals surface area contributed by atoms with Gasteiger partial charge in [-0.1, -0.05) is 0 Å². The summed E-state index contributed by atoms with van der Waals surface area (Å²) in [6, 6.07) is 0. The molecule has 1 saturated heterocycles. The second-order valence-corrected chi connectivity index (χ2v) is 5.70. The Morgan fingerprint density at radius 3 is 2.81 bits per heavy atom. The van der Waals surface area contributed by atoms with E-state index in [1.807, 2.05) is 22.3 Å². The molecule has 21 heavy (non-hydrogen) atoms. The molecule has 0 unspecified atom stereocenters. The van der Waals surface area contributed by atoms with Crippen molar-refractivity contribution < 1.29 is 0 Å². The molecule has 1 fully saturated rings. The normalized spacial score (nSPS) is 16.5. The highest BCUT2D eigenvalue weighted by Crippen LogP contribution is 2.18. The number of piperazine rings is 1. The summed E-state index contributed by atoms with van der Waals surface area (Å²) < 4.78 is 2.00. The molecule has 0 aliphatic carbocycles. The molecular formula is C13H19N7S. The first kappa shape index (κ1) is 13.9. The Labute approximate surface area is 127 Å². The maximum absolute atomic E-state index is 6.07. The largest absolute Gasteiger partial charge is 0.370 e. The molecule has 0 radical (unpaired) electrons. The van der Waals surface area contributed by atoms with Crippen molar-refractivity contribution in [1.29, 1.82) is 0 Å². The van der Waals surface area contributed by atoms with E-state index in [2.05, 4.69) is 24.8 Å². The van der Waals surface area contributed by atoms with Crippen molar-refractivity contribution in [3.63, 3.8) is 0 Å². The lowest BCUT2D eigenvalue weighted by Gasteiger charge is -2.35. The number of guanidine groups is 1. The summed E-state index contributed by atoms with van der Waals surface area (Å²) in [4.78, 5) is 17.2. The SMILES string of the molecule is NC(=NCCn1ccnc1)N1CCN(c2nccs2)CC1. The first-order chi connectivity index (χ1) is 10.3. The molecule has 3 heterocycles. The van der Waals surface area contributed by atoms with Crippen LogP contribution in [-0.2, 0) is 6.54 Å². The Balaban J connectivity index is 1.47. The third-order valence-corrected chi connectivity index (χ3v) is 4.32. The van der Waals surface area contributed by atoms with Crippen LogP contribution in [0, 0.1) is 0 Å². The van der Waals surface area contributed by atoms with E-state index in [9.17, 15) is 0 Å². The van der Waals surface area contributed by atoms with E-state index in [1.165, 1.54) is 0 Å². The molecule has 2 aromatic heterocycles. The summed E-state index contributed by atoms with van der Waals surface area (Å²) in [5, 5.41) is 3.10. The van der Waals surface area contributed by atoms with Gasteiger partial charge >= 0.3 is 0 Å². The van der Waals surface area contributed by atoms with E-state index in [0.29, 0.717) is 12.5 Å². The fourth-order valence-corrected chi connectivity index (χ4v) is 2.99. The lowest BCUT2D eigenvalue weighted by Crippen LogP contribution is -2.51. The maximum Gasteiger partial charge on any atom is 0.191 e. The summed E-state index contributed by atoms with van der Waals surface area (Å²) in [6.45, 7) is 5.13. The summed E-state index contributed by atoms with van der Waals surface area (Å²) in [5.74, 6) is 0.633. The van der Waals surface area contributed by atoms with E-state index < -0.39 is 0 Å². The second-order valence-electron chi connectivity index (χ2n) is 4.83. The minimum atomic E-state index is 0.633. The molecule has 112 valence electrons. The lowest BCUT2D eigenvalue weighted by atomic mass is 10.3. The maximum atomic E-state index is 6.07. The number of nitrogens with two attached hydrogens (primary N) is 1. The van der Waals surface area contributed by atoms with Gasteiger partial charge in [0, 0.05) is 56.7 Å². The van der Waals surface area contributed by atoms with E-state index in [-0.39, 0.29) is 0 Å². The number of hydrogen-bond acceptors (Lipinski definition) is 5. The third-order valence-electron chi connectivity index (χ3n) is 3.48. The summed E-state index contributed by atoms with van der Waals surface area (Å²) in [7, 11) is 0. The number of nitrogens with zero attached hydrogens (tertiary/aromatic N) is 6. The predicted molar refractivity (Wildman–Crippen MR) is 84.6 cm³/mol. The van der Waals surface area contributed by atoms with Crippen molar-refractivity contribution in [2.45, 2.75) is 6.54 Å². The average molecular weight is 305 g/mol. The molecule has 0 spiro atoms.